The lowest BCUT2D eigenvalue weighted by molar-refractivity contribution is 0.182. The zero-order valence-corrected chi connectivity index (χ0v) is 15.8. The smallest absolute Gasteiger partial charge is 0.191 e. The van der Waals surface area contributed by atoms with Gasteiger partial charge in [0.15, 0.2) is 5.96 Å². The number of guanidine groups is 1. The minimum Gasteiger partial charge on any atom is -0.356 e. The summed E-state index contributed by atoms with van der Waals surface area (Å²) in [5.41, 5.74) is 1.13. The van der Waals surface area contributed by atoms with Crippen molar-refractivity contribution < 1.29 is 0 Å². The van der Waals surface area contributed by atoms with Gasteiger partial charge >= 0.3 is 0 Å². The molecule has 6 heteroatoms. The molecule has 0 bridgehead atoms. The number of hydrogen-bond donors (Lipinski definition) is 2. The van der Waals surface area contributed by atoms with Crippen LogP contribution >= 0.6 is 11.3 Å². The normalized spacial score (nSPS) is 19.8. The Morgan fingerprint density at radius 2 is 2.22 bits per heavy atom. The van der Waals surface area contributed by atoms with Gasteiger partial charge in [0.05, 0.1) is 12.2 Å². The Hall–Kier alpha value is -1.14. The average Bonchev–Trinajstić information content (AvgIpc) is 2.85. The maximum absolute atomic E-state index is 4.55. The molecule has 1 aliphatic rings. The van der Waals surface area contributed by atoms with Crippen LogP contribution in [0.2, 0.25) is 0 Å². The highest BCUT2D eigenvalue weighted by molar-refractivity contribution is 7.11. The van der Waals surface area contributed by atoms with Crippen LogP contribution in [0.15, 0.2) is 4.99 Å². The van der Waals surface area contributed by atoms with Crippen LogP contribution in [0.25, 0.3) is 0 Å². The van der Waals surface area contributed by atoms with Gasteiger partial charge in [0.1, 0.15) is 5.01 Å². The minimum atomic E-state index is 0.739. The number of aryl methyl sites for hydroxylation is 2. The SMILES string of the molecule is CN=C(NCCCN1CCCC(C)C1)NCc1nc(C)c(C)s1. The highest BCUT2D eigenvalue weighted by atomic mass is 32.1. The second kappa shape index (κ2) is 9.23. The summed E-state index contributed by atoms with van der Waals surface area (Å²) in [4.78, 5) is 12.7. The van der Waals surface area contributed by atoms with E-state index >= 15 is 0 Å². The van der Waals surface area contributed by atoms with Crippen molar-refractivity contribution in [2.45, 2.75) is 46.6 Å². The first-order valence-corrected chi connectivity index (χ1v) is 9.50. The van der Waals surface area contributed by atoms with E-state index in [0.717, 1.165) is 42.1 Å². The first kappa shape index (κ1) is 18.2. The quantitative estimate of drug-likeness (QED) is 0.476. The molecule has 1 fully saturated rings. The molecule has 0 saturated carbocycles. The Kier molecular flexibility index (Phi) is 7.30. The third kappa shape index (κ3) is 6.11. The molecule has 1 aromatic heterocycles. The minimum absolute atomic E-state index is 0.739. The van der Waals surface area contributed by atoms with Gasteiger partial charge in [0, 0.05) is 25.0 Å². The second-order valence-electron chi connectivity index (χ2n) is 6.50. The standard InChI is InChI=1S/C17H31N5S/c1-13-7-5-9-22(12-13)10-6-8-19-17(18-4)20-11-16-21-14(2)15(3)23-16/h13H,5-12H2,1-4H3,(H2,18,19,20). The summed E-state index contributed by atoms with van der Waals surface area (Å²) >= 11 is 1.75. The van der Waals surface area contributed by atoms with E-state index in [0.29, 0.717) is 0 Å². The molecule has 0 aliphatic carbocycles. The zero-order chi connectivity index (χ0) is 16.7. The van der Waals surface area contributed by atoms with E-state index < -0.39 is 0 Å². The van der Waals surface area contributed by atoms with E-state index in [9.17, 15) is 0 Å². The monoisotopic (exact) mass is 337 g/mol. The molecule has 5 nitrogen and oxygen atoms in total. The molecule has 23 heavy (non-hydrogen) atoms. The molecule has 2 heterocycles. The number of rotatable bonds is 6. The second-order valence-corrected chi connectivity index (χ2v) is 7.79. The molecular weight excluding hydrogens is 306 g/mol. The van der Waals surface area contributed by atoms with Gasteiger partial charge in [-0.3, -0.25) is 4.99 Å². The number of aliphatic imine (C=N–C) groups is 1. The summed E-state index contributed by atoms with van der Waals surface area (Å²) in [5, 5.41) is 7.86. The predicted octanol–water partition coefficient (Wildman–Crippen LogP) is 2.55. The summed E-state index contributed by atoms with van der Waals surface area (Å²) in [7, 11) is 1.82. The Labute approximate surface area is 144 Å². The van der Waals surface area contributed by atoms with Crippen molar-refractivity contribution >= 4 is 17.3 Å². The number of nitrogens with zero attached hydrogens (tertiary/aromatic N) is 3. The third-order valence-electron chi connectivity index (χ3n) is 4.39. The fraction of sp³-hybridized carbons (Fsp3) is 0.765. The van der Waals surface area contributed by atoms with Crippen LogP contribution < -0.4 is 10.6 Å². The summed E-state index contributed by atoms with van der Waals surface area (Å²) in [6.07, 6.45) is 3.90. The molecule has 0 amide bonds. The van der Waals surface area contributed by atoms with Crippen molar-refractivity contribution in [3.63, 3.8) is 0 Å². The number of piperidine rings is 1. The van der Waals surface area contributed by atoms with Gasteiger partial charge in [-0.15, -0.1) is 11.3 Å². The molecule has 130 valence electrons. The lowest BCUT2D eigenvalue weighted by Gasteiger charge is -2.30. The number of aromatic nitrogens is 1. The van der Waals surface area contributed by atoms with E-state index in [1.807, 2.05) is 7.05 Å². The van der Waals surface area contributed by atoms with Crippen LogP contribution in [-0.2, 0) is 6.54 Å². The van der Waals surface area contributed by atoms with Gasteiger partial charge in [-0.25, -0.2) is 4.98 Å². The summed E-state index contributed by atoms with van der Waals surface area (Å²) in [5.74, 6) is 1.72. The molecule has 0 spiro atoms. The van der Waals surface area contributed by atoms with Gasteiger partial charge in [-0.1, -0.05) is 6.92 Å². The maximum Gasteiger partial charge on any atom is 0.191 e. The largest absolute Gasteiger partial charge is 0.356 e. The van der Waals surface area contributed by atoms with Crippen LogP contribution in [-0.4, -0.2) is 49.1 Å². The van der Waals surface area contributed by atoms with Crippen molar-refractivity contribution in [3.8, 4) is 0 Å². The van der Waals surface area contributed by atoms with Gasteiger partial charge in [0.25, 0.3) is 0 Å². The van der Waals surface area contributed by atoms with Crippen molar-refractivity contribution in [2.75, 3.05) is 33.2 Å². The van der Waals surface area contributed by atoms with E-state index in [1.165, 1.54) is 37.4 Å². The summed E-state index contributed by atoms with van der Waals surface area (Å²) in [6, 6.07) is 0. The highest BCUT2D eigenvalue weighted by Gasteiger charge is 2.15. The number of nitrogens with one attached hydrogen (secondary N) is 2. The maximum atomic E-state index is 4.55. The number of hydrogen-bond acceptors (Lipinski definition) is 4. The highest BCUT2D eigenvalue weighted by Crippen LogP contribution is 2.16. The van der Waals surface area contributed by atoms with Crippen molar-refractivity contribution in [3.05, 3.63) is 15.6 Å². The van der Waals surface area contributed by atoms with Crippen LogP contribution in [0.3, 0.4) is 0 Å². The van der Waals surface area contributed by atoms with E-state index in [4.69, 9.17) is 0 Å². The van der Waals surface area contributed by atoms with Gasteiger partial charge in [0.2, 0.25) is 0 Å². The molecule has 0 aromatic carbocycles. The third-order valence-corrected chi connectivity index (χ3v) is 5.46. The summed E-state index contributed by atoms with van der Waals surface area (Å²) in [6.45, 7) is 11.9. The molecule has 1 saturated heterocycles. The van der Waals surface area contributed by atoms with Gasteiger partial charge < -0.3 is 15.5 Å². The lowest BCUT2D eigenvalue weighted by atomic mass is 10.0. The lowest BCUT2D eigenvalue weighted by Crippen LogP contribution is -2.39. The first-order valence-electron chi connectivity index (χ1n) is 8.68. The predicted molar refractivity (Wildman–Crippen MR) is 99.2 cm³/mol. The van der Waals surface area contributed by atoms with E-state index in [-0.39, 0.29) is 0 Å². The fourth-order valence-electron chi connectivity index (χ4n) is 2.99. The van der Waals surface area contributed by atoms with E-state index in [1.54, 1.807) is 11.3 Å². The Morgan fingerprint density at radius 1 is 1.39 bits per heavy atom. The molecular formula is C17H31N5S. The molecule has 2 N–H and O–H groups in total. The number of thiazole rings is 1. The molecule has 2 rings (SSSR count). The molecule has 1 atom stereocenters. The molecule has 0 radical (unpaired) electrons. The Bertz CT molecular complexity index is 492. The molecule has 1 aliphatic heterocycles. The van der Waals surface area contributed by atoms with E-state index in [2.05, 4.69) is 46.3 Å². The fourth-order valence-corrected chi connectivity index (χ4v) is 3.87. The molecule has 1 aromatic rings. The number of likely N-dealkylation sites (tertiary alicyclic amines) is 1. The van der Waals surface area contributed by atoms with Crippen molar-refractivity contribution in [1.82, 2.24) is 20.5 Å². The van der Waals surface area contributed by atoms with Crippen molar-refractivity contribution in [2.24, 2.45) is 10.9 Å². The zero-order valence-electron chi connectivity index (χ0n) is 15.0. The van der Waals surface area contributed by atoms with Crippen LogP contribution in [0.4, 0.5) is 0 Å². The van der Waals surface area contributed by atoms with Crippen molar-refractivity contribution in [1.29, 1.82) is 0 Å². The first-order chi connectivity index (χ1) is 11.1. The van der Waals surface area contributed by atoms with Gasteiger partial charge in [-0.05, 0) is 52.1 Å². The average molecular weight is 338 g/mol. The topological polar surface area (TPSA) is 52.6 Å². The van der Waals surface area contributed by atoms with Crippen LogP contribution in [0.5, 0.6) is 0 Å². The Morgan fingerprint density at radius 3 is 2.87 bits per heavy atom. The van der Waals surface area contributed by atoms with Crippen LogP contribution in [0.1, 0.15) is 41.8 Å². The summed E-state index contributed by atoms with van der Waals surface area (Å²) < 4.78 is 0. The Balaban J connectivity index is 1.63. The van der Waals surface area contributed by atoms with Crippen LogP contribution in [0, 0.1) is 19.8 Å². The van der Waals surface area contributed by atoms with Gasteiger partial charge in [-0.2, -0.15) is 0 Å². The molecule has 1 unspecified atom stereocenters.